The van der Waals surface area contributed by atoms with Crippen LogP contribution >= 0.6 is 23.3 Å². The number of pyridine rings is 1. The number of anilines is 1. The summed E-state index contributed by atoms with van der Waals surface area (Å²) in [5.41, 5.74) is 13.3. The van der Waals surface area contributed by atoms with Gasteiger partial charge in [-0.2, -0.15) is 9.36 Å². The summed E-state index contributed by atoms with van der Waals surface area (Å²) < 4.78 is 12.7. The molecular weight excluding hydrogens is 576 g/mol. The Balaban J connectivity index is 1.37. The van der Waals surface area contributed by atoms with Gasteiger partial charge in [0.2, 0.25) is 17.9 Å². The van der Waals surface area contributed by atoms with Crippen molar-refractivity contribution in [2.45, 2.75) is 31.0 Å². The topological polar surface area (TPSA) is 217 Å². The highest BCUT2D eigenvalue weighted by Gasteiger charge is 2.54. The number of β-lactam (4-membered cyclic amide) rings is 1. The number of carbonyl (C=O) groups is 3. The molecule has 2 amide bonds. The first-order chi connectivity index (χ1) is 19.7. The number of nitrogen functional groups attached to an aromatic ring is 1. The van der Waals surface area contributed by atoms with E-state index in [2.05, 4.69) is 24.8 Å². The first-order valence-corrected chi connectivity index (χ1v) is 14.2. The molecule has 5 rings (SSSR count). The van der Waals surface area contributed by atoms with Crippen LogP contribution < -0.4 is 21.4 Å². The van der Waals surface area contributed by atoms with Crippen molar-refractivity contribution in [3.05, 3.63) is 41.8 Å². The van der Waals surface area contributed by atoms with Crippen LogP contribution in [0.1, 0.15) is 18.9 Å². The van der Waals surface area contributed by atoms with Crippen LogP contribution in [0.5, 0.6) is 0 Å². The molecule has 6 N–H and O–H groups in total. The molecule has 3 aromatic rings. The quantitative estimate of drug-likeness (QED) is 0.0902. The van der Waals surface area contributed by atoms with E-state index < -0.39 is 35.4 Å². The Labute approximate surface area is 241 Å². The van der Waals surface area contributed by atoms with Gasteiger partial charge >= 0.3 is 11.6 Å². The number of thioether (sulfide) groups is 1. The standard InChI is InChI=1S/C23H26N10O6S2/c1-3-39-29-14(17-28-23(25)41-30-17)19(34)27-15-20(35)33-16(22(36)37)11(9-40-21(15)33)7-31-6-4-5-12-18(31)26-10-32(12)13(24)8-38-2/h4-6,10,13,15,21H,3,7-9,24H2,1-2H3,(H3-,25,27,28,30,34,36,37)/p+1. The second-order valence-corrected chi connectivity index (χ2v) is 10.8. The fourth-order valence-corrected chi connectivity index (χ4v) is 6.33. The Bertz CT molecular complexity index is 1570. The summed E-state index contributed by atoms with van der Waals surface area (Å²) in [6.45, 7) is 2.34. The van der Waals surface area contributed by atoms with Crippen molar-refractivity contribution in [1.82, 2.24) is 29.1 Å². The summed E-state index contributed by atoms with van der Waals surface area (Å²) in [6.07, 6.45) is 2.94. The summed E-state index contributed by atoms with van der Waals surface area (Å²) in [6, 6.07) is 2.68. The predicted molar refractivity (Wildman–Crippen MR) is 147 cm³/mol. The first-order valence-electron chi connectivity index (χ1n) is 12.3. The number of rotatable bonds is 11. The average molecular weight is 604 g/mol. The summed E-state index contributed by atoms with van der Waals surface area (Å²) in [7, 11) is 1.56. The largest absolute Gasteiger partial charge is 0.477 e. The predicted octanol–water partition coefficient (Wildman–Crippen LogP) is -0.959. The van der Waals surface area contributed by atoms with Crippen LogP contribution in [-0.4, -0.2) is 89.9 Å². The minimum Gasteiger partial charge on any atom is -0.477 e. The van der Waals surface area contributed by atoms with Gasteiger partial charge in [-0.3, -0.25) is 19.1 Å². The Morgan fingerprint density at radius 1 is 1.41 bits per heavy atom. The zero-order valence-electron chi connectivity index (χ0n) is 22.0. The molecule has 216 valence electrons. The number of nitrogens with two attached hydrogens (primary N) is 2. The van der Waals surface area contributed by atoms with Crippen molar-refractivity contribution in [3.63, 3.8) is 0 Å². The van der Waals surface area contributed by atoms with E-state index in [1.807, 2.05) is 12.1 Å². The number of carboxylic acid groups (broad SMARTS) is 1. The van der Waals surface area contributed by atoms with E-state index in [0.717, 1.165) is 17.0 Å². The van der Waals surface area contributed by atoms with E-state index in [-0.39, 0.29) is 42.1 Å². The van der Waals surface area contributed by atoms with E-state index >= 15 is 0 Å². The highest BCUT2D eigenvalue weighted by atomic mass is 32.2. The Morgan fingerprint density at radius 3 is 2.90 bits per heavy atom. The van der Waals surface area contributed by atoms with Crippen molar-refractivity contribution in [1.29, 1.82) is 0 Å². The lowest BCUT2D eigenvalue weighted by Crippen LogP contribution is -2.71. The normalized spacial score (nSPS) is 19.6. The van der Waals surface area contributed by atoms with Crippen LogP contribution in [0.15, 0.2) is 41.1 Å². The van der Waals surface area contributed by atoms with E-state index in [4.69, 9.17) is 21.0 Å². The zero-order valence-corrected chi connectivity index (χ0v) is 23.6. The number of ether oxygens (including phenoxy) is 1. The van der Waals surface area contributed by atoms with Crippen molar-refractivity contribution in [2.24, 2.45) is 10.9 Å². The number of amides is 2. The second-order valence-electron chi connectivity index (χ2n) is 8.95. The first kappa shape index (κ1) is 28.4. The highest BCUT2D eigenvalue weighted by Crippen LogP contribution is 2.40. The van der Waals surface area contributed by atoms with Crippen LogP contribution in [0.25, 0.3) is 11.2 Å². The molecule has 0 radical (unpaired) electrons. The van der Waals surface area contributed by atoms with Crippen molar-refractivity contribution < 1.29 is 33.6 Å². The van der Waals surface area contributed by atoms with Crippen LogP contribution in [0, 0.1) is 0 Å². The summed E-state index contributed by atoms with van der Waals surface area (Å²) in [4.78, 5) is 53.3. The number of hydrogen-bond donors (Lipinski definition) is 4. The maximum Gasteiger partial charge on any atom is 0.352 e. The van der Waals surface area contributed by atoms with Gasteiger partial charge in [0, 0.05) is 30.0 Å². The molecule has 1 saturated heterocycles. The van der Waals surface area contributed by atoms with Crippen LogP contribution in [0.3, 0.4) is 0 Å². The van der Waals surface area contributed by atoms with Gasteiger partial charge in [-0.05, 0) is 24.0 Å². The number of carbonyl (C=O) groups excluding carboxylic acids is 2. The third kappa shape index (κ3) is 5.33. The SMILES string of the molecule is CCON=C(C(=O)NC1C(=O)N2C(C(=O)O)=C(C[n+]3cccc4c3ncn4C(N)COC)CSC12)c1nsc(N)n1. The lowest BCUT2D eigenvalue weighted by Gasteiger charge is -2.49. The number of fused-ring (bicyclic) bond motifs is 2. The van der Waals surface area contributed by atoms with Gasteiger partial charge in [0.05, 0.1) is 12.8 Å². The Morgan fingerprint density at radius 2 is 2.22 bits per heavy atom. The number of nitrogens with zero attached hydrogens (tertiary/aromatic N) is 7. The molecule has 0 aliphatic carbocycles. The molecule has 0 bridgehead atoms. The number of imidazole rings is 1. The molecule has 3 unspecified atom stereocenters. The molecule has 2 aliphatic heterocycles. The van der Waals surface area contributed by atoms with E-state index in [1.165, 1.54) is 16.7 Å². The zero-order chi connectivity index (χ0) is 29.3. The molecular formula is C23H27N10O6S2+. The highest BCUT2D eigenvalue weighted by molar-refractivity contribution is 8.00. The molecule has 2 aliphatic rings. The molecule has 0 aromatic carbocycles. The van der Waals surface area contributed by atoms with Crippen molar-refractivity contribution in [3.8, 4) is 0 Å². The molecule has 0 saturated carbocycles. The number of hydrogen-bond acceptors (Lipinski definition) is 13. The van der Waals surface area contributed by atoms with E-state index in [1.54, 1.807) is 35.7 Å². The number of carboxylic acids is 1. The van der Waals surface area contributed by atoms with Gasteiger partial charge in [0.25, 0.3) is 11.8 Å². The fourth-order valence-electron chi connectivity index (χ4n) is 4.56. The van der Waals surface area contributed by atoms with E-state index in [0.29, 0.717) is 17.0 Å². The van der Waals surface area contributed by atoms with Crippen LogP contribution in [-0.2, 0) is 30.5 Å². The molecule has 1 fully saturated rings. The van der Waals surface area contributed by atoms with Gasteiger partial charge < -0.3 is 31.5 Å². The maximum atomic E-state index is 13.2. The average Bonchev–Trinajstić information content (AvgIpc) is 3.58. The molecule has 5 heterocycles. The van der Waals surface area contributed by atoms with E-state index in [9.17, 15) is 19.5 Å². The molecule has 41 heavy (non-hydrogen) atoms. The molecule has 3 aromatic heterocycles. The minimum absolute atomic E-state index is 0.0383. The Kier molecular flexibility index (Phi) is 8.15. The number of aliphatic carboxylic acids is 1. The van der Waals surface area contributed by atoms with Crippen molar-refractivity contribution >= 4 is 63.1 Å². The van der Waals surface area contributed by atoms with Crippen LogP contribution in [0.4, 0.5) is 5.13 Å². The smallest absolute Gasteiger partial charge is 0.352 e. The van der Waals surface area contributed by atoms with Gasteiger partial charge in [-0.15, -0.1) is 11.8 Å². The summed E-state index contributed by atoms with van der Waals surface area (Å²) in [5, 5.41) is 16.0. The van der Waals surface area contributed by atoms with Gasteiger partial charge in [0.1, 0.15) is 41.9 Å². The third-order valence-electron chi connectivity index (χ3n) is 6.35. The number of oxime groups is 1. The van der Waals surface area contributed by atoms with Crippen molar-refractivity contribution in [2.75, 3.05) is 31.8 Å². The summed E-state index contributed by atoms with van der Waals surface area (Å²) in [5.74, 6) is -2.29. The molecule has 3 atom stereocenters. The van der Waals surface area contributed by atoms with Gasteiger partial charge in [-0.25, -0.2) is 9.36 Å². The van der Waals surface area contributed by atoms with Crippen LogP contribution in [0.2, 0.25) is 0 Å². The lowest BCUT2D eigenvalue weighted by atomic mass is 10.0. The van der Waals surface area contributed by atoms with Gasteiger partial charge in [0.15, 0.2) is 5.13 Å². The lowest BCUT2D eigenvalue weighted by molar-refractivity contribution is -0.664. The number of aromatic nitrogens is 5. The second kappa shape index (κ2) is 11.8. The molecule has 18 heteroatoms. The third-order valence-corrected chi connectivity index (χ3v) is 8.23. The molecule has 16 nitrogen and oxygen atoms in total. The fraction of sp³-hybridized carbons (Fsp3) is 0.391. The number of nitrogens with one attached hydrogen (secondary N) is 1. The Hall–Kier alpha value is -4.13. The molecule has 0 spiro atoms. The minimum atomic E-state index is -1.25. The summed E-state index contributed by atoms with van der Waals surface area (Å²) >= 11 is 2.22. The maximum absolute atomic E-state index is 13.2. The number of methoxy groups -OCH3 is 1. The van der Waals surface area contributed by atoms with Gasteiger partial charge in [-0.1, -0.05) is 5.16 Å². The monoisotopic (exact) mass is 603 g/mol.